The van der Waals surface area contributed by atoms with Gasteiger partial charge in [0.2, 0.25) is 5.91 Å². The number of benzene rings is 2. The molecule has 4 aromatic rings. The van der Waals surface area contributed by atoms with Gasteiger partial charge in [-0.1, -0.05) is 48.0 Å². The molecular formula is C27H23ClN4O3. The summed E-state index contributed by atoms with van der Waals surface area (Å²) >= 11 is 5.85. The number of nitrogens with one attached hydrogen (secondary N) is 2. The first-order valence-corrected chi connectivity index (χ1v) is 11.4. The maximum Gasteiger partial charge on any atom is 0.255 e. The number of halogens is 1. The van der Waals surface area contributed by atoms with Gasteiger partial charge in [0.25, 0.3) is 11.5 Å². The number of carbonyl (C=O) groups is 2. The summed E-state index contributed by atoms with van der Waals surface area (Å²) in [5, 5.41) is 6.18. The van der Waals surface area contributed by atoms with E-state index in [2.05, 4.69) is 15.6 Å². The van der Waals surface area contributed by atoms with Crippen LogP contribution in [-0.4, -0.2) is 27.4 Å². The molecule has 2 amide bonds. The molecule has 0 bridgehead atoms. The lowest BCUT2D eigenvalue weighted by molar-refractivity contribution is -0.116. The predicted octanol–water partition coefficient (Wildman–Crippen LogP) is 4.26. The van der Waals surface area contributed by atoms with Crippen molar-refractivity contribution in [3.05, 3.63) is 124 Å². The number of hydrogen-bond donors (Lipinski definition) is 2. The van der Waals surface area contributed by atoms with E-state index in [9.17, 15) is 14.4 Å². The number of hydrogen-bond acceptors (Lipinski definition) is 4. The Hall–Kier alpha value is -4.23. The van der Waals surface area contributed by atoms with Crippen molar-refractivity contribution in [1.29, 1.82) is 0 Å². The van der Waals surface area contributed by atoms with Gasteiger partial charge < -0.3 is 10.6 Å². The molecule has 4 rings (SSSR count). The first-order valence-electron chi connectivity index (χ1n) is 11.0. The maximum absolute atomic E-state index is 13.0. The molecule has 0 fully saturated rings. The smallest absolute Gasteiger partial charge is 0.255 e. The van der Waals surface area contributed by atoms with Crippen molar-refractivity contribution in [1.82, 2.24) is 14.9 Å². The van der Waals surface area contributed by atoms with Crippen LogP contribution in [0.5, 0.6) is 0 Å². The highest BCUT2D eigenvalue weighted by molar-refractivity contribution is 6.30. The van der Waals surface area contributed by atoms with E-state index in [1.165, 1.54) is 16.8 Å². The van der Waals surface area contributed by atoms with E-state index in [0.29, 0.717) is 28.5 Å². The second kappa shape index (κ2) is 11.3. The molecule has 8 heteroatoms. The highest BCUT2D eigenvalue weighted by atomic mass is 35.5. The number of aromatic nitrogens is 2. The quantitative estimate of drug-likeness (QED) is 0.389. The van der Waals surface area contributed by atoms with E-state index >= 15 is 0 Å². The third-order valence-corrected chi connectivity index (χ3v) is 5.54. The molecule has 0 saturated heterocycles. The molecule has 0 aliphatic rings. The van der Waals surface area contributed by atoms with Crippen LogP contribution in [0, 0.1) is 0 Å². The highest BCUT2D eigenvalue weighted by Crippen LogP contribution is 2.13. The van der Waals surface area contributed by atoms with Crippen LogP contribution in [0.4, 0.5) is 5.82 Å². The highest BCUT2D eigenvalue weighted by Gasteiger charge is 2.19. The Morgan fingerprint density at radius 1 is 0.914 bits per heavy atom. The lowest BCUT2D eigenvalue weighted by Crippen LogP contribution is -2.39. The minimum atomic E-state index is -0.450. The lowest BCUT2D eigenvalue weighted by Gasteiger charge is -2.19. The summed E-state index contributed by atoms with van der Waals surface area (Å²) in [6.45, 7) is 0. The van der Waals surface area contributed by atoms with Gasteiger partial charge in [-0.05, 0) is 54.4 Å². The fraction of sp³-hybridized carbons (Fsp3) is 0.111. The average Bonchev–Trinajstić information content (AvgIpc) is 2.86. The van der Waals surface area contributed by atoms with Crippen LogP contribution in [0.25, 0.3) is 5.69 Å². The van der Waals surface area contributed by atoms with Crippen molar-refractivity contribution in [2.75, 3.05) is 5.32 Å². The third kappa shape index (κ3) is 6.65. The first kappa shape index (κ1) is 23.9. The molecule has 35 heavy (non-hydrogen) atoms. The molecular weight excluding hydrogens is 464 g/mol. The van der Waals surface area contributed by atoms with Crippen molar-refractivity contribution < 1.29 is 9.59 Å². The van der Waals surface area contributed by atoms with Crippen molar-refractivity contribution in [2.24, 2.45) is 0 Å². The second-order valence-corrected chi connectivity index (χ2v) is 8.37. The van der Waals surface area contributed by atoms with E-state index in [1.54, 1.807) is 54.7 Å². The molecule has 0 saturated carbocycles. The zero-order valence-electron chi connectivity index (χ0n) is 18.7. The fourth-order valence-electron chi connectivity index (χ4n) is 3.62. The average molecular weight is 487 g/mol. The van der Waals surface area contributed by atoms with E-state index in [1.807, 2.05) is 30.3 Å². The molecule has 2 aromatic heterocycles. The summed E-state index contributed by atoms with van der Waals surface area (Å²) in [5.74, 6) is -0.203. The van der Waals surface area contributed by atoms with E-state index in [4.69, 9.17) is 11.6 Å². The zero-order valence-corrected chi connectivity index (χ0v) is 19.5. The Bertz CT molecular complexity index is 1350. The van der Waals surface area contributed by atoms with Gasteiger partial charge in [-0.25, -0.2) is 4.98 Å². The van der Waals surface area contributed by atoms with Gasteiger partial charge in [-0.3, -0.25) is 19.0 Å². The summed E-state index contributed by atoms with van der Waals surface area (Å²) in [6, 6.07) is 24.1. The molecule has 1 unspecified atom stereocenters. The zero-order chi connectivity index (χ0) is 24.6. The summed E-state index contributed by atoms with van der Waals surface area (Å²) in [6.07, 6.45) is 3.66. The van der Waals surface area contributed by atoms with Gasteiger partial charge in [0.05, 0.1) is 5.02 Å². The van der Waals surface area contributed by atoms with Gasteiger partial charge in [-0.2, -0.15) is 0 Å². The van der Waals surface area contributed by atoms with Crippen LogP contribution in [0.3, 0.4) is 0 Å². The van der Waals surface area contributed by atoms with Gasteiger partial charge in [0, 0.05) is 42.2 Å². The van der Waals surface area contributed by atoms with E-state index < -0.39 is 6.04 Å². The van der Waals surface area contributed by atoms with E-state index in [0.717, 1.165) is 5.56 Å². The molecule has 0 aliphatic heterocycles. The van der Waals surface area contributed by atoms with Gasteiger partial charge in [-0.15, -0.1) is 0 Å². The Morgan fingerprint density at radius 3 is 2.34 bits per heavy atom. The van der Waals surface area contributed by atoms with Gasteiger partial charge in [0.15, 0.2) is 0 Å². The molecule has 0 spiro atoms. The standard InChI is InChI=1S/C27H23ClN4O3/c28-21-11-14-24(29-18-21)31-25(33)17-22(16-19-6-2-1-3-7-19)30-27(35)20-9-12-23(13-10-20)32-15-5-4-8-26(32)34/h1-15,18,22H,16-17H2,(H,30,35)(H,29,31,33). The second-order valence-electron chi connectivity index (χ2n) is 7.93. The van der Waals surface area contributed by atoms with Crippen LogP contribution >= 0.6 is 11.6 Å². The molecule has 7 nitrogen and oxygen atoms in total. The van der Waals surface area contributed by atoms with Gasteiger partial charge >= 0.3 is 0 Å². The van der Waals surface area contributed by atoms with Crippen molar-refractivity contribution >= 4 is 29.2 Å². The Balaban J connectivity index is 1.47. The minimum Gasteiger partial charge on any atom is -0.348 e. The van der Waals surface area contributed by atoms with E-state index in [-0.39, 0.29) is 23.8 Å². The lowest BCUT2D eigenvalue weighted by atomic mass is 10.0. The van der Waals surface area contributed by atoms with Crippen LogP contribution in [0.2, 0.25) is 5.02 Å². The Labute approximate surface area is 207 Å². The number of carbonyl (C=O) groups excluding carboxylic acids is 2. The SMILES string of the molecule is O=C(CC(Cc1ccccc1)NC(=O)c1ccc(-n2ccccc2=O)cc1)Nc1ccc(Cl)cn1. The number of anilines is 1. The number of amides is 2. The maximum atomic E-state index is 13.0. The minimum absolute atomic E-state index is 0.0580. The monoisotopic (exact) mass is 486 g/mol. The summed E-state index contributed by atoms with van der Waals surface area (Å²) in [7, 11) is 0. The number of pyridine rings is 2. The van der Waals surface area contributed by atoms with Crippen LogP contribution in [0.1, 0.15) is 22.3 Å². The summed E-state index contributed by atoms with van der Waals surface area (Å²) in [4.78, 5) is 41.8. The van der Waals surface area contributed by atoms with Gasteiger partial charge in [0.1, 0.15) is 5.82 Å². The summed E-state index contributed by atoms with van der Waals surface area (Å²) in [5.41, 5.74) is 1.92. The van der Waals surface area contributed by atoms with Crippen LogP contribution in [0.15, 0.2) is 102 Å². The third-order valence-electron chi connectivity index (χ3n) is 5.32. The fourth-order valence-corrected chi connectivity index (χ4v) is 3.73. The molecule has 2 N–H and O–H groups in total. The topological polar surface area (TPSA) is 93.1 Å². The van der Waals surface area contributed by atoms with Crippen molar-refractivity contribution in [2.45, 2.75) is 18.9 Å². The number of nitrogens with zero attached hydrogens (tertiary/aromatic N) is 2. The predicted molar refractivity (Wildman–Crippen MR) is 136 cm³/mol. The van der Waals surface area contributed by atoms with Crippen molar-refractivity contribution in [3.8, 4) is 5.69 Å². The first-order chi connectivity index (χ1) is 17.0. The molecule has 0 radical (unpaired) electrons. The molecule has 2 aromatic carbocycles. The Morgan fingerprint density at radius 2 is 1.66 bits per heavy atom. The van der Waals surface area contributed by atoms with Crippen LogP contribution in [-0.2, 0) is 11.2 Å². The van der Waals surface area contributed by atoms with Crippen molar-refractivity contribution in [3.63, 3.8) is 0 Å². The number of rotatable bonds is 8. The van der Waals surface area contributed by atoms with Crippen LogP contribution < -0.4 is 16.2 Å². The molecule has 176 valence electrons. The molecule has 2 heterocycles. The largest absolute Gasteiger partial charge is 0.348 e. The Kier molecular flexibility index (Phi) is 7.70. The molecule has 0 aliphatic carbocycles. The normalized spacial score (nSPS) is 11.5. The summed E-state index contributed by atoms with van der Waals surface area (Å²) < 4.78 is 1.50. The molecule has 1 atom stereocenters.